The van der Waals surface area contributed by atoms with E-state index in [1.54, 1.807) is 0 Å². The second kappa shape index (κ2) is 24.7. The zero-order valence-corrected chi connectivity index (χ0v) is 19.2. The summed E-state index contributed by atoms with van der Waals surface area (Å²) in [5, 5.41) is 0. The van der Waals surface area contributed by atoms with Gasteiger partial charge in [0.1, 0.15) is 13.2 Å². The van der Waals surface area contributed by atoms with Crippen molar-refractivity contribution in [3.63, 3.8) is 0 Å². The molecule has 0 spiro atoms. The van der Waals surface area contributed by atoms with Crippen molar-refractivity contribution in [3.05, 3.63) is 24.3 Å². The van der Waals surface area contributed by atoms with E-state index in [4.69, 9.17) is 31.8 Å². The summed E-state index contributed by atoms with van der Waals surface area (Å²) < 4.78 is 20.5. The fourth-order valence-electron chi connectivity index (χ4n) is 2.49. The summed E-state index contributed by atoms with van der Waals surface area (Å²) in [5.74, 6) is 4.43. The Morgan fingerprint density at radius 2 is 1.00 bits per heavy atom. The molecule has 0 aromatic carbocycles. The highest BCUT2D eigenvalue weighted by Crippen LogP contribution is 2.04. The number of rotatable bonds is 21. The number of esters is 2. The van der Waals surface area contributed by atoms with Gasteiger partial charge in [-0.2, -0.15) is 0 Å². The predicted molar refractivity (Wildman–Crippen MR) is 126 cm³/mol. The molecule has 0 N–H and O–H groups in total. The maximum atomic E-state index is 11.6. The third-order valence-electron chi connectivity index (χ3n) is 4.10. The predicted octanol–water partition coefficient (Wildman–Crippen LogP) is 4.39. The van der Waals surface area contributed by atoms with Crippen molar-refractivity contribution in [2.24, 2.45) is 0 Å². The van der Waals surface area contributed by atoms with Gasteiger partial charge in [-0.1, -0.05) is 36.1 Å². The molecule has 0 radical (unpaired) electrons. The Kier molecular flexibility index (Phi) is 22.8. The summed E-state index contributed by atoms with van der Waals surface area (Å²) in [6.07, 6.45) is 26.0. The van der Waals surface area contributed by atoms with Crippen LogP contribution in [0.3, 0.4) is 0 Å². The molecule has 0 aromatic heterocycles. The summed E-state index contributed by atoms with van der Waals surface area (Å²) in [4.78, 5) is 23.1. The zero-order valence-electron chi connectivity index (χ0n) is 19.2. The van der Waals surface area contributed by atoms with Gasteiger partial charge in [0.2, 0.25) is 0 Å². The molecule has 0 bridgehead atoms. The molecular weight excluding hydrogens is 408 g/mol. The van der Waals surface area contributed by atoms with Crippen molar-refractivity contribution in [1.82, 2.24) is 0 Å². The molecular formula is C26H38O6. The summed E-state index contributed by atoms with van der Waals surface area (Å²) in [6.45, 7) is 2.33. The van der Waals surface area contributed by atoms with Crippen LogP contribution in [0.25, 0.3) is 0 Å². The summed E-state index contributed by atoms with van der Waals surface area (Å²) >= 11 is 0. The second-order valence-corrected chi connectivity index (χ2v) is 6.97. The molecule has 0 saturated carbocycles. The molecule has 0 aromatic rings. The first-order valence-electron chi connectivity index (χ1n) is 11.3. The number of terminal acetylenes is 2. The Morgan fingerprint density at radius 1 is 0.594 bits per heavy atom. The molecule has 0 heterocycles. The lowest BCUT2D eigenvalue weighted by Gasteiger charge is -2.04. The first kappa shape index (κ1) is 29.5. The maximum absolute atomic E-state index is 11.6. The summed E-state index contributed by atoms with van der Waals surface area (Å²) in [7, 11) is 0. The summed E-state index contributed by atoms with van der Waals surface area (Å²) in [5.41, 5.74) is 0. The van der Waals surface area contributed by atoms with Gasteiger partial charge in [0.15, 0.2) is 0 Å². The van der Waals surface area contributed by atoms with Gasteiger partial charge in [-0.25, -0.2) is 0 Å². The average Bonchev–Trinajstić information content (AvgIpc) is 2.79. The van der Waals surface area contributed by atoms with Crippen LogP contribution in [0.4, 0.5) is 0 Å². The van der Waals surface area contributed by atoms with Crippen LogP contribution in [0.5, 0.6) is 0 Å². The van der Waals surface area contributed by atoms with Gasteiger partial charge in [0.25, 0.3) is 0 Å². The van der Waals surface area contributed by atoms with Crippen LogP contribution in [-0.2, 0) is 28.5 Å². The van der Waals surface area contributed by atoms with E-state index in [2.05, 4.69) is 36.1 Å². The second-order valence-electron chi connectivity index (χ2n) is 6.97. The fourth-order valence-corrected chi connectivity index (χ4v) is 2.49. The van der Waals surface area contributed by atoms with Crippen LogP contribution in [0.15, 0.2) is 24.3 Å². The van der Waals surface area contributed by atoms with Crippen LogP contribution in [0.2, 0.25) is 0 Å². The van der Waals surface area contributed by atoms with Gasteiger partial charge in [-0.05, 0) is 38.5 Å². The van der Waals surface area contributed by atoms with Crippen molar-refractivity contribution in [1.29, 1.82) is 0 Å². The number of carbonyl (C=O) groups is 2. The molecule has 0 rings (SSSR count). The maximum Gasteiger partial charge on any atom is 0.305 e. The van der Waals surface area contributed by atoms with Crippen LogP contribution in [0, 0.1) is 24.7 Å². The van der Waals surface area contributed by atoms with Gasteiger partial charge >= 0.3 is 11.9 Å². The number of allylic oxidation sites excluding steroid dienone is 4. The van der Waals surface area contributed by atoms with Crippen molar-refractivity contribution in [3.8, 4) is 24.7 Å². The smallest absolute Gasteiger partial charge is 0.305 e. The largest absolute Gasteiger partial charge is 0.466 e. The Labute approximate surface area is 193 Å². The molecule has 32 heavy (non-hydrogen) atoms. The van der Waals surface area contributed by atoms with Crippen LogP contribution in [0.1, 0.15) is 64.2 Å². The Balaban J connectivity index is 3.41. The van der Waals surface area contributed by atoms with E-state index in [1.165, 1.54) is 0 Å². The standard InChI is InChI=1S/C26H38O6/c1-3-19-29-21-15-23-31-25(27)17-13-11-9-7-5-6-8-10-12-14-18-26(28)32-24-16-22-30-20-4-2/h1-2,7-10H,5-6,11-24H2/b9-7-,10-8-. The quantitative estimate of drug-likeness (QED) is 0.113. The van der Waals surface area contributed by atoms with E-state index in [0.29, 0.717) is 65.3 Å². The van der Waals surface area contributed by atoms with Gasteiger partial charge in [-0.15, -0.1) is 12.8 Å². The molecule has 6 nitrogen and oxygen atoms in total. The molecule has 178 valence electrons. The number of unbranched alkanes of at least 4 members (excludes halogenated alkanes) is 3. The first-order chi connectivity index (χ1) is 15.7. The fraction of sp³-hybridized carbons (Fsp3) is 0.615. The Hall–Kier alpha value is -2.54. The normalized spacial score (nSPS) is 10.8. The minimum absolute atomic E-state index is 0.170. The van der Waals surface area contributed by atoms with E-state index in [1.807, 2.05) is 0 Å². The van der Waals surface area contributed by atoms with Crippen LogP contribution in [-0.4, -0.2) is 51.6 Å². The monoisotopic (exact) mass is 446 g/mol. The SMILES string of the molecule is C#CCOCCCOC(=O)CCC/C=C\CC/C=C\CCCC(=O)OCCCOCC#C. The van der Waals surface area contributed by atoms with Crippen molar-refractivity contribution >= 4 is 11.9 Å². The van der Waals surface area contributed by atoms with Crippen molar-refractivity contribution in [2.75, 3.05) is 39.6 Å². The molecule has 0 aliphatic rings. The van der Waals surface area contributed by atoms with Crippen LogP contribution < -0.4 is 0 Å². The first-order valence-corrected chi connectivity index (χ1v) is 11.3. The highest BCUT2D eigenvalue weighted by Gasteiger charge is 2.02. The highest BCUT2D eigenvalue weighted by atomic mass is 16.5. The lowest BCUT2D eigenvalue weighted by Crippen LogP contribution is -2.07. The molecule has 0 saturated heterocycles. The molecule has 0 amide bonds. The summed E-state index contributed by atoms with van der Waals surface area (Å²) in [6, 6.07) is 0. The number of ether oxygens (including phenoxy) is 4. The Bertz CT molecular complexity index is 555. The Morgan fingerprint density at radius 3 is 1.41 bits per heavy atom. The molecule has 0 unspecified atom stereocenters. The minimum Gasteiger partial charge on any atom is -0.466 e. The third kappa shape index (κ3) is 23.7. The lowest BCUT2D eigenvalue weighted by molar-refractivity contribution is -0.145. The highest BCUT2D eigenvalue weighted by molar-refractivity contribution is 5.69. The van der Waals surface area contributed by atoms with E-state index < -0.39 is 0 Å². The van der Waals surface area contributed by atoms with Gasteiger partial charge in [-0.3, -0.25) is 9.59 Å². The van der Waals surface area contributed by atoms with E-state index in [0.717, 1.165) is 38.5 Å². The minimum atomic E-state index is -0.170. The van der Waals surface area contributed by atoms with E-state index in [9.17, 15) is 9.59 Å². The zero-order chi connectivity index (χ0) is 23.5. The number of hydrogen-bond donors (Lipinski definition) is 0. The average molecular weight is 447 g/mol. The van der Waals surface area contributed by atoms with Crippen molar-refractivity contribution in [2.45, 2.75) is 64.2 Å². The van der Waals surface area contributed by atoms with Crippen LogP contribution >= 0.6 is 0 Å². The third-order valence-corrected chi connectivity index (χ3v) is 4.10. The topological polar surface area (TPSA) is 71.1 Å². The molecule has 0 aliphatic heterocycles. The lowest BCUT2D eigenvalue weighted by atomic mass is 10.2. The van der Waals surface area contributed by atoms with Gasteiger partial charge < -0.3 is 18.9 Å². The molecule has 0 atom stereocenters. The molecule has 6 heteroatoms. The van der Waals surface area contributed by atoms with Crippen molar-refractivity contribution < 1.29 is 28.5 Å². The number of carbonyl (C=O) groups excluding carboxylic acids is 2. The molecule has 0 aliphatic carbocycles. The number of hydrogen-bond acceptors (Lipinski definition) is 6. The van der Waals surface area contributed by atoms with E-state index >= 15 is 0 Å². The van der Waals surface area contributed by atoms with E-state index in [-0.39, 0.29) is 11.9 Å². The van der Waals surface area contributed by atoms with Gasteiger partial charge in [0, 0.05) is 25.7 Å². The van der Waals surface area contributed by atoms with Gasteiger partial charge in [0.05, 0.1) is 26.4 Å². The molecule has 0 fully saturated rings.